The van der Waals surface area contributed by atoms with E-state index in [2.05, 4.69) is 5.10 Å². The first kappa shape index (κ1) is 13.9. The number of hydrogen-bond acceptors (Lipinski definition) is 2. The highest BCUT2D eigenvalue weighted by atomic mass is 19.1. The molecule has 0 unspecified atom stereocenters. The van der Waals surface area contributed by atoms with Crippen LogP contribution in [0.25, 0.3) is 10.9 Å². The van der Waals surface area contributed by atoms with Crippen LogP contribution < -0.4 is 0 Å². The molecule has 3 nitrogen and oxygen atoms in total. The molecule has 0 radical (unpaired) electrons. The molecule has 0 N–H and O–H groups in total. The first-order valence-corrected chi connectivity index (χ1v) is 6.45. The highest BCUT2D eigenvalue weighted by molar-refractivity contribution is 6.56. The van der Waals surface area contributed by atoms with Crippen LogP contribution in [0.5, 0.6) is 0 Å². The average Bonchev–Trinajstić information content (AvgIpc) is 2.65. The van der Waals surface area contributed by atoms with Gasteiger partial charge in [-0.05, 0) is 23.4 Å². The molecule has 1 aromatic carbocycles. The van der Waals surface area contributed by atoms with Crippen LogP contribution in [0, 0.1) is 11.7 Å². The van der Waals surface area contributed by atoms with Crippen LogP contribution >= 0.6 is 0 Å². The van der Waals surface area contributed by atoms with Gasteiger partial charge in [-0.3, -0.25) is 9.48 Å². The molecule has 1 heterocycles. The monoisotopic (exact) mass is 256 g/mol. The molecule has 2 rings (SSSR count). The van der Waals surface area contributed by atoms with E-state index >= 15 is 0 Å². The molecule has 0 aliphatic carbocycles. The van der Waals surface area contributed by atoms with Crippen molar-refractivity contribution in [1.29, 1.82) is 0 Å². The summed E-state index contributed by atoms with van der Waals surface area (Å²) in [5.74, 6) is -0.461. The van der Waals surface area contributed by atoms with E-state index in [9.17, 15) is 9.18 Å². The molecule has 0 spiro atoms. The lowest BCUT2D eigenvalue weighted by molar-refractivity contribution is 0.0935. The van der Waals surface area contributed by atoms with Crippen LogP contribution in [-0.2, 0) is 5.24 Å². The van der Waals surface area contributed by atoms with Crippen molar-refractivity contribution in [3.05, 3.63) is 29.7 Å². The van der Waals surface area contributed by atoms with Crippen molar-refractivity contribution in [2.24, 2.45) is 5.92 Å². The van der Waals surface area contributed by atoms with E-state index in [0.717, 1.165) is 5.39 Å². The summed E-state index contributed by atoms with van der Waals surface area (Å²) in [6, 6.07) is 4.44. The number of hydrogen-bond donors (Lipinski definition) is 0. The van der Waals surface area contributed by atoms with Gasteiger partial charge in [0.25, 0.3) is 0 Å². The van der Waals surface area contributed by atoms with E-state index in [-0.39, 0.29) is 22.8 Å². The number of fused-ring (bicyclic) bond motifs is 1. The van der Waals surface area contributed by atoms with Crippen molar-refractivity contribution in [1.82, 2.24) is 9.78 Å². The fourth-order valence-corrected chi connectivity index (χ4v) is 2.05. The third kappa shape index (κ3) is 2.46. The molecular formula is C12H16B3FN2O. The maximum absolute atomic E-state index is 13.4. The zero-order valence-corrected chi connectivity index (χ0v) is 12.0. The molecule has 0 aliphatic heterocycles. The first-order chi connectivity index (χ1) is 8.71. The third-order valence-corrected chi connectivity index (χ3v) is 3.04. The molecule has 96 valence electrons. The van der Waals surface area contributed by atoms with Gasteiger partial charge < -0.3 is 0 Å². The Balaban J connectivity index is 2.78. The molecule has 0 bridgehead atoms. The zero-order chi connectivity index (χ0) is 14.4. The van der Waals surface area contributed by atoms with Crippen LogP contribution in [0.4, 0.5) is 4.39 Å². The SMILES string of the molecule is BC(B)(B)n1nc(C(=O)C(C)C)c2ccc(F)cc21. The Morgan fingerprint density at radius 1 is 1.37 bits per heavy atom. The fourth-order valence-electron chi connectivity index (χ4n) is 2.05. The summed E-state index contributed by atoms with van der Waals surface area (Å²) in [7, 11) is 5.94. The van der Waals surface area contributed by atoms with E-state index in [0.29, 0.717) is 11.2 Å². The summed E-state index contributed by atoms with van der Waals surface area (Å²) >= 11 is 0. The summed E-state index contributed by atoms with van der Waals surface area (Å²) in [5.41, 5.74) is 1.09. The van der Waals surface area contributed by atoms with E-state index in [1.807, 2.05) is 37.4 Å². The highest BCUT2D eigenvalue weighted by Crippen LogP contribution is 2.24. The second-order valence-corrected chi connectivity index (χ2v) is 6.11. The van der Waals surface area contributed by atoms with Gasteiger partial charge in [-0.15, -0.1) is 0 Å². The van der Waals surface area contributed by atoms with Crippen molar-refractivity contribution >= 4 is 40.2 Å². The molecule has 0 aliphatic rings. The second-order valence-electron chi connectivity index (χ2n) is 6.11. The summed E-state index contributed by atoms with van der Waals surface area (Å²) < 4.78 is 15.2. The molecule has 7 heteroatoms. The van der Waals surface area contributed by atoms with Crippen LogP contribution in [0.1, 0.15) is 24.3 Å². The van der Waals surface area contributed by atoms with Crippen molar-refractivity contribution in [2.45, 2.75) is 19.1 Å². The normalized spacial score (nSPS) is 12.2. The molecule has 2 aromatic rings. The Kier molecular flexibility index (Phi) is 3.33. The second kappa shape index (κ2) is 4.55. The maximum atomic E-state index is 13.4. The summed E-state index contributed by atoms with van der Waals surface area (Å²) in [4.78, 5) is 12.2. The number of halogens is 1. The fraction of sp³-hybridized carbons (Fsp3) is 0.333. The summed E-state index contributed by atoms with van der Waals surface area (Å²) in [5, 5.41) is 4.84. The number of rotatable bonds is 3. The smallest absolute Gasteiger partial charge is 0.186 e. The van der Waals surface area contributed by atoms with E-state index in [1.165, 1.54) is 12.1 Å². The average molecular weight is 256 g/mol. The Hall–Kier alpha value is -1.52. The lowest BCUT2D eigenvalue weighted by Crippen LogP contribution is -2.36. The number of carbonyl (C=O) groups is 1. The summed E-state index contributed by atoms with van der Waals surface area (Å²) in [6.45, 7) is 3.68. The number of carbonyl (C=O) groups excluding carboxylic acids is 1. The minimum absolute atomic E-state index is 0.0143. The standard InChI is InChI=1S/C12H16B3FN2O/c1-6(2)11(19)10-8-4-3-7(16)5-9(8)18(17-10)12(13,14)15/h3-6H,13-15H2,1-2H3. The zero-order valence-electron chi connectivity index (χ0n) is 12.0. The minimum atomic E-state index is -0.318. The molecule has 0 amide bonds. The number of Topliss-reactive ketones (excluding diaryl/α,β-unsaturated/α-hetero) is 1. The van der Waals surface area contributed by atoms with E-state index < -0.39 is 0 Å². The number of ketones is 1. The molecule has 0 saturated carbocycles. The van der Waals surface area contributed by atoms with Gasteiger partial charge in [0.15, 0.2) is 5.78 Å². The highest BCUT2D eigenvalue weighted by Gasteiger charge is 2.24. The van der Waals surface area contributed by atoms with Crippen molar-refractivity contribution in [3.63, 3.8) is 0 Å². The lowest BCUT2D eigenvalue weighted by atomic mass is 9.49. The van der Waals surface area contributed by atoms with Crippen molar-refractivity contribution < 1.29 is 9.18 Å². The maximum Gasteiger partial charge on any atom is 0.186 e. The predicted molar refractivity (Wildman–Crippen MR) is 82.5 cm³/mol. The third-order valence-electron chi connectivity index (χ3n) is 3.04. The van der Waals surface area contributed by atoms with Gasteiger partial charge in [-0.2, -0.15) is 5.10 Å². The molecular weight excluding hydrogens is 240 g/mol. The number of nitrogens with zero attached hydrogens (tertiary/aromatic N) is 2. The van der Waals surface area contributed by atoms with Gasteiger partial charge in [-0.25, -0.2) is 4.39 Å². The van der Waals surface area contributed by atoms with Gasteiger partial charge >= 0.3 is 0 Å². The number of benzene rings is 1. The molecule has 1 aromatic heterocycles. The van der Waals surface area contributed by atoms with E-state index in [1.54, 1.807) is 10.7 Å². The quantitative estimate of drug-likeness (QED) is 0.547. The molecule has 0 atom stereocenters. The molecule has 19 heavy (non-hydrogen) atoms. The Morgan fingerprint density at radius 2 is 2.00 bits per heavy atom. The van der Waals surface area contributed by atoms with Crippen LogP contribution in [-0.4, -0.2) is 39.1 Å². The Labute approximate surface area is 114 Å². The van der Waals surface area contributed by atoms with Crippen LogP contribution in [0.15, 0.2) is 18.2 Å². The van der Waals surface area contributed by atoms with Gasteiger partial charge in [0.1, 0.15) is 35.0 Å². The lowest BCUT2D eigenvalue weighted by Gasteiger charge is -2.20. The van der Waals surface area contributed by atoms with Gasteiger partial charge in [0.2, 0.25) is 0 Å². The topological polar surface area (TPSA) is 34.9 Å². The minimum Gasteiger partial charge on any atom is -0.292 e. The summed E-state index contributed by atoms with van der Waals surface area (Å²) in [6.07, 6.45) is 0. The molecule has 0 fully saturated rings. The number of aromatic nitrogens is 2. The molecule has 0 saturated heterocycles. The Morgan fingerprint density at radius 3 is 2.53 bits per heavy atom. The Bertz CT molecular complexity index is 646. The van der Waals surface area contributed by atoms with Gasteiger partial charge in [0.05, 0.1) is 5.52 Å². The van der Waals surface area contributed by atoms with Gasteiger partial charge in [-0.1, -0.05) is 13.8 Å². The van der Waals surface area contributed by atoms with Crippen molar-refractivity contribution in [3.8, 4) is 0 Å². The predicted octanol–water partition coefficient (Wildman–Crippen LogP) is -0.519. The van der Waals surface area contributed by atoms with E-state index in [4.69, 9.17) is 0 Å². The van der Waals surface area contributed by atoms with Crippen LogP contribution in [0.2, 0.25) is 0 Å². The van der Waals surface area contributed by atoms with Crippen molar-refractivity contribution in [2.75, 3.05) is 0 Å². The first-order valence-electron chi connectivity index (χ1n) is 6.45. The van der Waals surface area contributed by atoms with Crippen LogP contribution in [0.3, 0.4) is 0 Å². The van der Waals surface area contributed by atoms with Gasteiger partial charge in [0, 0.05) is 11.3 Å². The largest absolute Gasteiger partial charge is 0.292 e.